The Morgan fingerprint density at radius 2 is 2.25 bits per heavy atom. The molecule has 0 amide bonds. The van der Waals surface area contributed by atoms with E-state index in [-0.39, 0.29) is 5.97 Å². The third kappa shape index (κ3) is 2.38. The van der Waals surface area contributed by atoms with Gasteiger partial charge in [0.1, 0.15) is 11.3 Å². The summed E-state index contributed by atoms with van der Waals surface area (Å²) in [6.07, 6.45) is 3.70. The van der Waals surface area contributed by atoms with Crippen LogP contribution in [0.4, 0.5) is 0 Å². The van der Waals surface area contributed by atoms with Crippen LogP contribution in [-0.4, -0.2) is 15.9 Å². The molecule has 0 radical (unpaired) electrons. The molecule has 0 bridgehead atoms. The van der Waals surface area contributed by atoms with Crippen molar-refractivity contribution >= 4 is 17.1 Å². The van der Waals surface area contributed by atoms with Crippen LogP contribution in [0.15, 0.2) is 47.1 Å². The molecule has 100 valence electrons. The Morgan fingerprint density at radius 3 is 3.00 bits per heavy atom. The fourth-order valence-electron chi connectivity index (χ4n) is 1.78. The van der Waals surface area contributed by atoms with E-state index in [4.69, 9.17) is 9.15 Å². The van der Waals surface area contributed by atoms with Gasteiger partial charge in [0.15, 0.2) is 5.58 Å². The molecular formula is C15H12N2O3. The van der Waals surface area contributed by atoms with Crippen LogP contribution in [0.1, 0.15) is 13.3 Å². The van der Waals surface area contributed by atoms with Gasteiger partial charge < -0.3 is 9.15 Å². The van der Waals surface area contributed by atoms with Gasteiger partial charge in [-0.05, 0) is 24.3 Å². The lowest BCUT2D eigenvalue weighted by atomic mass is 10.3. The summed E-state index contributed by atoms with van der Waals surface area (Å²) in [4.78, 5) is 19.7. The van der Waals surface area contributed by atoms with Gasteiger partial charge in [-0.1, -0.05) is 6.92 Å². The Morgan fingerprint density at radius 1 is 1.35 bits per heavy atom. The molecule has 0 N–H and O–H groups in total. The van der Waals surface area contributed by atoms with Gasteiger partial charge in [0.05, 0.1) is 5.56 Å². The van der Waals surface area contributed by atoms with E-state index in [9.17, 15) is 4.79 Å². The summed E-state index contributed by atoms with van der Waals surface area (Å²) in [7, 11) is 0. The predicted octanol–water partition coefficient (Wildman–Crippen LogP) is 3.21. The highest BCUT2D eigenvalue weighted by molar-refractivity contribution is 5.79. The first-order valence-electron chi connectivity index (χ1n) is 6.28. The molecule has 0 saturated carbocycles. The first-order chi connectivity index (χ1) is 9.76. The molecule has 3 rings (SSSR count). The summed E-state index contributed by atoms with van der Waals surface area (Å²) in [6, 6.07) is 8.81. The molecule has 0 spiro atoms. The number of nitrogens with zero attached hydrogens (tertiary/aromatic N) is 2. The van der Waals surface area contributed by atoms with E-state index >= 15 is 0 Å². The van der Waals surface area contributed by atoms with Crippen LogP contribution in [0.5, 0.6) is 5.75 Å². The maximum absolute atomic E-state index is 11.3. The number of hydrogen-bond acceptors (Lipinski definition) is 5. The van der Waals surface area contributed by atoms with Gasteiger partial charge in [0, 0.05) is 24.9 Å². The molecule has 3 aromatic rings. The summed E-state index contributed by atoms with van der Waals surface area (Å²) in [5, 5.41) is 0. The fourth-order valence-corrected chi connectivity index (χ4v) is 1.78. The average Bonchev–Trinajstić information content (AvgIpc) is 2.91. The van der Waals surface area contributed by atoms with Crippen molar-refractivity contribution in [2.45, 2.75) is 13.3 Å². The van der Waals surface area contributed by atoms with Crippen LogP contribution in [0, 0.1) is 0 Å². The Balaban J connectivity index is 1.97. The van der Waals surface area contributed by atoms with Gasteiger partial charge in [-0.25, -0.2) is 4.98 Å². The highest BCUT2D eigenvalue weighted by atomic mass is 16.5. The van der Waals surface area contributed by atoms with Gasteiger partial charge in [-0.2, -0.15) is 0 Å². The van der Waals surface area contributed by atoms with E-state index in [0.717, 1.165) is 5.56 Å². The normalized spacial score (nSPS) is 10.7. The van der Waals surface area contributed by atoms with Gasteiger partial charge in [-0.3, -0.25) is 9.78 Å². The molecule has 1 aromatic carbocycles. The van der Waals surface area contributed by atoms with Gasteiger partial charge in [0.2, 0.25) is 5.89 Å². The number of carbonyl (C=O) groups excluding carboxylic acids is 1. The fraction of sp³-hybridized carbons (Fsp3) is 0.133. The number of rotatable bonds is 3. The van der Waals surface area contributed by atoms with E-state index in [0.29, 0.717) is 29.2 Å². The van der Waals surface area contributed by atoms with Crippen molar-refractivity contribution in [2.24, 2.45) is 0 Å². The molecule has 5 nitrogen and oxygen atoms in total. The van der Waals surface area contributed by atoms with Crippen molar-refractivity contribution in [1.29, 1.82) is 0 Å². The quantitative estimate of drug-likeness (QED) is 0.539. The third-order valence-corrected chi connectivity index (χ3v) is 2.79. The van der Waals surface area contributed by atoms with Crippen LogP contribution in [0.3, 0.4) is 0 Å². The zero-order valence-corrected chi connectivity index (χ0v) is 10.9. The minimum Gasteiger partial charge on any atom is -0.436 e. The second kappa shape index (κ2) is 5.13. The summed E-state index contributed by atoms with van der Waals surface area (Å²) in [6.45, 7) is 1.75. The maximum Gasteiger partial charge on any atom is 0.310 e. The number of pyridine rings is 1. The van der Waals surface area contributed by atoms with E-state index in [2.05, 4.69) is 9.97 Å². The minimum absolute atomic E-state index is 0.281. The summed E-state index contributed by atoms with van der Waals surface area (Å²) >= 11 is 0. The molecule has 0 atom stereocenters. The lowest BCUT2D eigenvalue weighted by molar-refractivity contribution is -0.134. The third-order valence-electron chi connectivity index (χ3n) is 2.79. The summed E-state index contributed by atoms with van der Waals surface area (Å²) < 4.78 is 10.8. The van der Waals surface area contributed by atoms with Crippen LogP contribution in [0.2, 0.25) is 0 Å². The van der Waals surface area contributed by atoms with Crippen molar-refractivity contribution in [3.63, 3.8) is 0 Å². The number of hydrogen-bond donors (Lipinski definition) is 0. The minimum atomic E-state index is -0.281. The molecule has 2 aromatic heterocycles. The maximum atomic E-state index is 11.3. The lowest BCUT2D eigenvalue weighted by Crippen LogP contribution is -2.05. The van der Waals surface area contributed by atoms with Gasteiger partial charge >= 0.3 is 5.97 Å². The first kappa shape index (κ1) is 12.3. The second-order valence-corrected chi connectivity index (χ2v) is 4.22. The van der Waals surface area contributed by atoms with E-state index in [1.54, 1.807) is 37.5 Å². The van der Waals surface area contributed by atoms with Crippen LogP contribution in [0.25, 0.3) is 22.6 Å². The Hall–Kier alpha value is -2.69. The zero-order chi connectivity index (χ0) is 13.9. The smallest absolute Gasteiger partial charge is 0.310 e. The Bertz CT molecular complexity index is 750. The topological polar surface area (TPSA) is 65.2 Å². The Kier molecular flexibility index (Phi) is 3.16. The number of esters is 1. The average molecular weight is 268 g/mol. The Labute approximate surface area is 115 Å². The van der Waals surface area contributed by atoms with E-state index in [1.807, 2.05) is 12.1 Å². The molecule has 5 heteroatoms. The largest absolute Gasteiger partial charge is 0.436 e. The first-order valence-corrected chi connectivity index (χ1v) is 6.28. The monoisotopic (exact) mass is 268 g/mol. The molecule has 0 aliphatic rings. The molecule has 0 aliphatic heterocycles. The summed E-state index contributed by atoms with van der Waals surface area (Å²) in [5.74, 6) is 0.668. The van der Waals surface area contributed by atoms with E-state index in [1.165, 1.54) is 0 Å². The molecule has 20 heavy (non-hydrogen) atoms. The molecule has 2 heterocycles. The van der Waals surface area contributed by atoms with Crippen molar-refractivity contribution in [3.8, 4) is 17.2 Å². The molecule has 0 unspecified atom stereocenters. The van der Waals surface area contributed by atoms with Crippen molar-refractivity contribution in [2.75, 3.05) is 0 Å². The lowest BCUT2D eigenvalue weighted by Gasteiger charge is -2.00. The van der Waals surface area contributed by atoms with Crippen molar-refractivity contribution in [3.05, 3.63) is 42.7 Å². The number of carbonyl (C=O) groups is 1. The highest BCUT2D eigenvalue weighted by Crippen LogP contribution is 2.26. The van der Waals surface area contributed by atoms with Crippen LogP contribution >= 0.6 is 0 Å². The molecule has 0 saturated heterocycles. The molecule has 0 aliphatic carbocycles. The van der Waals surface area contributed by atoms with Gasteiger partial charge in [-0.15, -0.1) is 0 Å². The number of ether oxygens (including phenoxy) is 1. The zero-order valence-electron chi connectivity index (χ0n) is 10.9. The van der Waals surface area contributed by atoms with Gasteiger partial charge in [0.25, 0.3) is 0 Å². The van der Waals surface area contributed by atoms with Crippen LogP contribution < -0.4 is 4.74 Å². The van der Waals surface area contributed by atoms with Crippen molar-refractivity contribution in [1.82, 2.24) is 9.97 Å². The van der Waals surface area contributed by atoms with E-state index < -0.39 is 0 Å². The molecular weight excluding hydrogens is 256 g/mol. The van der Waals surface area contributed by atoms with Crippen molar-refractivity contribution < 1.29 is 13.9 Å². The highest BCUT2D eigenvalue weighted by Gasteiger charge is 2.10. The second-order valence-electron chi connectivity index (χ2n) is 4.22. The number of aromatic nitrogens is 2. The summed E-state index contributed by atoms with van der Waals surface area (Å²) in [5.41, 5.74) is 2.08. The standard InChI is InChI=1S/C15H12N2O3/c1-2-14(18)19-11-5-6-12-13(8-11)20-15(17-12)10-4-3-7-16-9-10/h3-9H,2H2,1H3. The number of benzene rings is 1. The predicted molar refractivity (Wildman–Crippen MR) is 73.2 cm³/mol. The number of oxazole rings is 1. The van der Waals surface area contributed by atoms with Crippen LogP contribution in [-0.2, 0) is 4.79 Å². The molecule has 0 fully saturated rings. The SMILES string of the molecule is CCC(=O)Oc1ccc2nc(-c3cccnc3)oc2c1. The number of fused-ring (bicyclic) bond motifs is 1.